The lowest BCUT2D eigenvalue weighted by molar-refractivity contribution is 0.0952. The van der Waals surface area contributed by atoms with Gasteiger partial charge in [-0.15, -0.1) is 0 Å². The van der Waals surface area contributed by atoms with Gasteiger partial charge in [-0.3, -0.25) is 9.59 Å². The molecule has 1 amide bonds. The number of ether oxygens (including phenoxy) is 1. The maximum atomic E-state index is 14.0. The third kappa shape index (κ3) is 4.88. The summed E-state index contributed by atoms with van der Waals surface area (Å²) in [6.07, 6.45) is 3.51. The maximum absolute atomic E-state index is 14.0. The quantitative estimate of drug-likeness (QED) is 0.601. The van der Waals surface area contributed by atoms with Crippen molar-refractivity contribution in [1.82, 2.24) is 15.1 Å². The average Bonchev–Trinajstić information content (AvgIpc) is 3.58. The number of aryl methyl sites for hydroxylation is 1. The molecule has 1 aromatic heterocycles. The molecule has 1 saturated carbocycles. The van der Waals surface area contributed by atoms with Gasteiger partial charge in [0.1, 0.15) is 5.82 Å². The Morgan fingerprint density at radius 3 is 2.74 bits per heavy atom. The Bertz CT molecular complexity index is 1190. The molecule has 1 heterocycles. The normalized spacial score (nSPS) is 13.0. The van der Waals surface area contributed by atoms with Crippen LogP contribution in [0.2, 0.25) is 0 Å². The Labute approximate surface area is 176 Å². The van der Waals surface area contributed by atoms with Crippen molar-refractivity contribution in [3.63, 3.8) is 0 Å². The number of benzene rings is 2. The summed E-state index contributed by atoms with van der Waals surface area (Å²) in [5.74, 6) is -1.62. The first-order valence-corrected chi connectivity index (χ1v) is 9.75. The molecule has 2 N–H and O–H groups in total. The van der Waals surface area contributed by atoms with Crippen molar-refractivity contribution in [3.8, 4) is 11.5 Å². The van der Waals surface area contributed by atoms with Crippen LogP contribution in [0.15, 0.2) is 53.5 Å². The van der Waals surface area contributed by atoms with E-state index in [9.17, 15) is 18.4 Å². The van der Waals surface area contributed by atoms with Crippen LogP contribution < -0.4 is 20.9 Å². The summed E-state index contributed by atoms with van der Waals surface area (Å²) in [4.78, 5) is 25.0. The molecule has 1 aliphatic carbocycles. The molecule has 0 aliphatic heterocycles. The topological polar surface area (TPSA) is 85.2 Å². The number of aromatic nitrogens is 2. The molecule has 4 rings (SSSR count). The van der Waals surface area contributed by atoms with E-state index in [-0.39, 0.29) is 23.1 Å². The molecule has 1 fully saturated rings. The maximum Gasteiger partial charge on any atom is 0.294 e. The second kappa shape index (κ2) is 8.55. The van der Waals surface area contributed by atoms with E-state index < -0.39 is 17.2 Å². The number of nitrogens with zero attached hydrogens (tertiary/aromatic N) is 2. The van der Waals surface area contributed by atoms with Gasteiger partial charge < -0.3 is 15.4 Å². The number of anilines is 2. The molecule has 9 heteroatoms. The van der Waals surface area contributed by atoms with Crippen molar-refractivity contribution in [2.75, 3.05) is 11.9 Å². The Morgan fingerprint density at radius 2 is 2.00 bits per heavy atom. The molecule has 160 valence electrons. The molecule has 0 radical (unpaired) electrons. The zero-order valence-corrected chi connectivity index (χ0v) is 16.7. The highest BCUT2D eigenvalue weighted by molar-refractivity contribution is 5.95. The Hall–Kier alpha value is -3.75. The van der Waals surface area contributed by atoms with Crippen molar-refractivity contribution in [1.29, 1.82) is 0 Å². The van der Waals surface area contributed by atoms with Crippen LogP contribution in [-0.4, -0.2) is 22.2 Å². The minimum atomic E-state index is -0.916. The van der Waals surface area contributed by atoms with E-state index in [1.165, 1.54) is 13.2 Å². The smallest absolute Gasteiger partial charge is 0.294 e. The van der Waals surface area contributed by atoms with Gasteiger partial charge in [0.15, 0.2) is 23.0 Å². The first-order valence-electron chi connectivity index (χ1n) is 9.75. The summed E-state index contributed by atoms with van der Waals surface area (Å²) in [5.41, 5.74) is 0.371. The molecule has 0 spiro atoms. The minimum absolute atomic E-state index is 0.00300. The van der Waals surface area contributed by atoms with Gasteiger partial charge in [0.05, 0.1) is 6.20 Å². The Morgan fingerprint density at radius 1 is 1.19 bits per heavy atom. The second-order valence-corrected chi connectivity index (χ2v) is 7.35. The predicted octanol–water partition coefficient (Wildman–Crippen LogP) is 3.73. The van der Waals surface area contributed by atoms with Crippen LogP contribution in [-0.2, 0) is 7.05 Å². The number of rotatable bonds is 7. The van der Waals surface area contributed by atoms with Gasteiger partial charge in [-0.2, -0.15) is 5.10 Å². The van der Waals surface area contributed by atoms with Crippen LogP contribution in [0.25, 0.3) is 0 Å². The van der Waals surface area contributed by atoms with Gasteiger partial charge in [0.25, 0.3) is 11.5 Å². The third-order valence-corrected chi connectivity index (χ3v) is 4.86. The number of halogens is 2. The molecule has 0 unspecified atom stereocenters. The number of hydrogen-bond acceptors (Lipinski definition) is 5. The summed E-state index contributed by atoms with van der Waals surface area (Å²) in [6, 6.07) is 9.48. The molecular weight excluding hydrogens is 406 g/mol. The van der Waals surface area contributed by atoms with Gasteiger partial charge in [0.2, 0.25) is 0 Å². The van der Waals surface area contributed by atoms with Crippen LogP contribution in [0.5, 0.6) is 11.5 Å². The van der Waals surface area contributed by atoms with Gasteiger partial charge in [-0.25, -0.2) is 13.5 Å². The van der Waals surface area contributed by atoms with Gasteiger partial charge in [0, 0.05) is 30.9 Å². The minimum Gasteiger partial charge on any atom is -0.450 e. The number of carbonyl (C=O) groups is 1. The highest BCUT2D eigenvalue weighted by Gasteiger charge is 2.22. The lowest BCUT2D eigenvalue weighted by Gasteiger charge is -2.14. The van der Waals surface area contributed by atoms with Crippen molar-refractivity contribution in [2.45, 2.75) is 12.8 Å². The van der Waals surface area contributed by atoms with E-state index in [4.69, 9.17) is 4.74 Å². The standard InChI is InChI=1S/C22H20F2N4O3/c1-28-22(30)20(19(12-26-28)31-18-8-7-15(23)10-17(18)24)27-16-4-2-3-14(9-16)21(29)25-11-13-5-6-13/h2-4,7-10,12-13,27H,5-6,11H2,1H3,(H,25,29). The van der Waals surface area contributed by atoms with Crippen molar-refractivity contribution in [3.05, 3.63) is 76.2 Å². The predicted molar refractivity (Wildman–Crippen MR) is 111 cm³/mol. The number of carbonyl (C=O) groups excluding carboxylic acids is 1. The fourth-order valence-corrected chi connectivity index (χ4v) is 2.94. The largest absolute Gasteiger partial charge is 0.450 e. The van der Waals surface area contributed by atoms with E-state index in [0.29, 0.717) is 29.8 Å². The lowest BCUT2D eigenvalue weighted by atomic mass is 10.2. The molecule has 1 aliphatic rings. The molecule has 0 bridgehead atoms. The van der Waals surface area contributed by atoms with Crippen LogP contribution in [0, 0.1) is 17.6 Å². The van der Waals surface area contributed by atoms with E-state index in [2.05, 4.69) is 15.7 Å². The van der Waals surface area contributed by atoms with Crippen LogP contribution >= 0.6 is 0 Å². The monoisotopic (exact) mass is 426 g/mol. The highest BCUT2D eigenvalue weighted by atomic mass is 19.1. The fourth-order valence-electron chi connectivity index (χ4n) is 2.94. The fraction of sp³-hybridized carbons (Fsp3) is 0.227. The number of amides is 1. The van der Waals surface area contributed by atoms with Gasteiger partial charge in [-0.1, -0.05) is 6.07 Å². The summed E-state index contributed by atoms with van der Waals surface area (Å²) in [6.45, 7) is 0.641. The zero-order valence-electron chi connectivity index (χ0n) is 16.7. The third-order valence-electron chi connectivity index (χ3n) is 4.86. The molecular formula is C22H20F2N4O3. The zero-order chi connectivity index (χ0) is 22.0. The van der Waals surface area contributed by atoms with Crippen LogP contribution in [0.4, 0.5) is 20.2 Å². The Kier molecular flexibility index (Phi) is 5.66. The average molecular weight is 426 g/mol. The van der Waals surface area contributed by atoms with Crippen molar-refractivity contribution < 1.29 is 18.3 Å². The van der Waals surface area contributed by atoms with Gasteiger partial charge >= 0.3 is 0 Å². The summed E-state index contributed by atoms with van der Waals surface area (Å²) in [7, 11) is 1.46. The first kappa shape index (κ1) is 20.5. The SMILES string of the molecule is Cn1ncc(Oc2ccc(F)cc2F)c(Nc2cccc(C(=O)NCC3CC3)c2)c1=O. The van der Waals surface area contributed by atoms with E-state index in [1.807, 2.05) is 0 Å². The summed E-state index contributed by atoms with van der Waals surface area (Å²) >= 11 is 0. The first-order chi connectivity index (χ1) is 14.9. The lowest BCUT2D eigenvalue weighted by Crippen LogP contribution is -2.25. The van der Waals surface area contributed by atoms with Crippen LogP contribution in [0.3, 0.4) is 0 Å². The molecule has 0 atom stereocenters. The number of hydrogen-bond donors (Lipinski definition) is 2. The molecule has 0 saturated heterocycles. The molecule has 2 aromatic carbocycles. The van der Waals surface area contributed by atoms with Crippen molar-refractivity contribution >= 4 is 17.3 Å². The second-order valence-electron chi connectivity index (χ2n) is 7.35. The number of nitrogens with one attached hydrogen (secondary N) is 2. The summed E-state index contributed by atoms with van der Waals surface area (Å²) < 4.78 is 33.8. The summed E-state index contributed by atoms with van der Waals surface area (Å²) in [5, 5.41) is 9.71. The van der Waals surface area contributed by atoms with E-state index in [0.717, 1.165) is 29.7 Å². The highest BCUT2D eigenvalue weighted by Crippen LogP contribution is 2.30. The van der Waals surface area contributed by atoms with E-state index in [1.54, 1.807) is 24.3 Å². The van der Waals surface area contributed by atoms with Crippen molar-refractivity contribution in [2.24, 2.45) is 13.0 Å². The van der Waals surface area contributed by atoms with Gasteiger partial charge in [-0.05, 0) is 49.1 Å². The molecule has 3 aromatic rings. The van der Waals surface area contributed by atoms with Crippen LogP contribution in [0.1, 0.15) is 23.2 Å². The Balaban J connectivity index is 1.60. The molecule has 31 heavy (non-hydrogen) atoms. The molecule has 7 nitrogen and oxygen atoms in total. The van der Waals surface area contributed by atoms with E-state index >= 15 is 0 Å².